The maximum Gasteiger partial charge on any atom is 0.416 e. The van der Waals surface area contributed by atoms with Gasteiger partial charge in [0, 0.05) is 37.6 Å². The third kappa shape index (κ3) is 6.35. The predicted molar refractivity (Wildman–Crippen MR) is 123 cm³/mol. The number of halogens is 3. The van der Waals surface area contributed by atoms with Gasteiger partial charge in [-0.2, -0.15) is 13.2 Å². The second-order valence-electron chi connectivity index (χ2n) is 7.65. The molecule has 33 heavy (non-hydrogen) atoms. The topological polar surface area (TPSA) is 61.4 Å². The lowest BCUT2D eigenvalue weighted by molar-refractivity contribution is -0.137. The molecule has 0 saturated carbocycles. The highest BCUT2D eigenvalue weighted by Gasteiger charge is 2.31. The zero-order chi connectivity index (χ0) is 24.0. The van der Waals surface area contributed by atoms with E-state index in [1.165, 1.54) is 18.2 Å². The molecule has 8 heteroatoms. The Hall–Kier alpha value is -3.81. The summed E-state index contributed by atoms with van der Waals surface area (Å²) < 4.78 is 38.8. The first-order valence-corrected chi connectivity index (χ1v) is 10.3. The lowest BCUT2D eigenvalue weighted by atomic mass is 10.1. The summed E-state index contributed by atoms with van der Waals surface area (Å²) in [6, 6.07) is 18.7. The fourth-order valence-corrected chi connectivity index (χ4v) is 3.29. The van der Waals surface area contributed by atoms with Crippen LogP contribution in [0.2, 0.25) is 0 Å². The second-order valence-corrected chi connectivity index (χ2v) is 7.65. The first-order valence-electron chi connectivity index (χ1n) is 10.3. The number of benzene rings is 3. The van der Waals surface area contributed by atoms with E-state index in [-0.39, 0.29) is 11.5 Å². The average molecular weight is 455 g/mol. The number of anilines is 2. The Morgan fingerprint density at radius 2 is 1.61 bits per heavy atom. The molecule has 0 aliphatic heterocycles. The molecule has 2 N–H and O–H groups in total. The molecule has 172 valence electrons. The number of amides is 2. The van der Waals surface area contributed by atoms with Gasteiger partial charge in [0.15, 0.2) is 0 Å². The predicted octanol–water partition coefficient (Wildman–Crippen LogP) is 5.00. The lowest BCUT2D eigenvalue weighted by Crippen LogP contribution is -2.28. The Labute approximate surface area is 190 Å². The first-order chi connectivity index (χ1) is 15.6. The van der Waals surface area contributed by atoms with Gasteiger partial charge in [-0.3, -0.25) is 9.59 Å². The lowest BCUT2D eigenvalue weighted by Gasteiger charge is -2.18. The smallest absolute Gasteiger partial charge is 0.377 e. The van der Waals surface area contributed by atoms with E-state index in [0.29, 0.717) is 29.9 Å². The van der Waals surface area contributed by atoms with Crippen LogP contribution >= 0.6 is 0 Å². The normalized spacial score (nSPS) is 11.1. The van der Waals surface area contributed by atoms with Crippen LogP contribution in [0.3, 0.4) is 0 Å². The number of rotatable bonds is 7. The molecule has 0 bridgehead atoms. The molecule has 0 aromatic heterocycles. The summed E-state index contributed by atoms with van der Waals surface area (Å²) in [7, 11) is 3.58. The molecule has 2 amide bonds. The minimum atomic E-state index is -4.55. The van der Waals surface area contributed by atoms with Crippen molar-refractivity contribution < 1.29 is 22.8 Å². The van der Waals surface area contributed by atoms with Crippen molar-refractivity contribution in [1.29, 1.82) is 0 Å². The number of carbonyl (C=O) groups excluding carboxylic acids is 2. The van der Waals surface area contributed by atoms with Crippen molar-refractivity contribution in [2.45, 2.75) is 12.6 Å². The van der Waals surface area contributed by atoms with Crippen molar-refractivity contribution in [1.82, 2.24) is 5.32 Å². The van der Waals surface area contributed by atoms with Crippen molar-refractivity contribution in [2.24, 2.45) is 0 Å². The fourth-order valence-electron chi connectivity index (χ4n) is 3.29. The van der Waals surface area contributed by atoms with Crippen LogP contribution in [0.25, 0.3) is 0 Å². The summed E-state index contributed by atoms with van der Waals surface area (Å²) >= 11 is 0. The molecule has 0 heterocycles. The number of carbonyl (C=O) groups is 2. The molecular formula is C25H24F3N3O2. The van der Waals surface area contributed by atoms with Crippen LogP contribution < -0.4 is 15.5 Å². The van der Waals surface area contributed by atoms with Crippen LogP contribution in [0.1, 0.15) is 31.8 Å². The molecule has 0 radical (unpaired) electrons. The van der Waals surface area contributed by atoms with Crippen LogP contribution in [-0.2, 0) is 12.6 Å². The summed E-state index contributed by atoms with van der Waals surface area (Å²) in [5, 5.41) is 5.45. The summed E-state index contributed by atoms with van der Waals surface area (Å²) in [6.45, 7) is 0.427. The Kier molecular flexibility index (Phi) is 7.37. The van der Waals surface area contributed by atoms with Gasteiger partial charge in [0.1, 0.15) is 0 Å². The Morgan fingerprint density at radius 1 is 0.879 bits per heavy atom. The van der Waals surface area contributed by atoms with E-state index in [1.54, 1.807) is 31.1 Å². The highest BCUT2D eigenvalue weighted by molar-refractivity contribution is 6.06. The van der Waals surface area contributed by atoms with Gasteiger partial charge in [-0.1, -0.05) is 36.4 Å². The van der Waals surface area contributed by atoms with Gasteiger partial charge in [0.05, 0.1) is 11.1 Å². The van der Waals surface area contributed by atoms with E-state index in [1.807, 2.05) is 30.3 Å². The van der Waals surface area contributed by atoms with Crippen molar-refractivity contribution in [2.75, 3.05) is 30.9 Å². The second kappa shape index (κ2) is 10.2. The van der Waals surface area contributed by atoms with Gasteiger partial charge in [0.2, 0.25) is 0 Å². The summed E-state index contributed by atoms with van der Waals surface area (Å²) in [6.07, 6.45) is -3.88. The van der Waals surface area contributed by atoms with Crippen molar-refractivity contribution in [3.63, 3.8) is 0 Å². The maximum atomic E-state index is 12.9. The number of nitrogens with one attached hydrogen (secondary N) is 2. The van der Waals surface area contributed by atoms with Gasteiger partial charge in [-0.25, -0.2) is 0 Å². The fraction of sp³-hybridized carbons (Fsp3) is 0.200. The Bertz CT molecular complexity index is 1130. The zero-order valence-corrected chi connectivity index (χ0v) is 18.2. The van der Waals surface area contributed by atoms with Gasteiger partial charge in [-0.05, 0) is 48.4 Å². The van der Waals surface area contributed by atoms with Crippen LogP contribution in [0, 0.1) is 0 Å². The average Bonchev–Trinajstić information content (AvgIpc) is 2.79. The largest absolute Gasteiger partial charge is 0.416 e. The van der Waals surface area contributed by atoms with E-state index in [9.17, 15) is 22.8 Å². The molecule has 5 nitrogen and oxygen atoms in total. The summed E-state index contributed by atoms with van der Waals surface area (Å²) in [4.78, 5) is 27.1. The molecule has 3 aromatic rings. The number of hydrogen-bond donors (Lipinski definition) is 2. The molecule has 0 aliphatic rings. The monoisotopic (exact) mass is 455 g/mol. The molecule has 0 fully saturated rings. The molecule has 0 saturated heterocycles. The minimum Gasteiger partial charge on any atom is -0.377 e. The van der Waals surface area contributed by atoms with Crippen molar-refractivity contribution in [3.05, 3.63) is 95.1 Å². The Balaban J connectivity index is 1.75. The zero-order valence-electron chi connectivity index (χ0n) is 18.2. The minimum absolute atomic E-state index is 0.129. The SMILES string of the molecule is CN(C)c1ccc(NC(=O)c2cccc(C(F)(F)F)c2)cc1C(=O)NCCc1ccccc1. The van der Waals surface area contributed by atoms with Gasteiger partial charge < -0.3 is 15.5 Å². The van der Waals surface area contributed by atoms with Gasteiger partial charge >= 0.3 is 6.18 Å². The van der Waals surface area contributed by atoms with E-state index in [4.69, 9.17) is 0 Å². The van der Waals surface area contributed by atoms with E-state index in [2.05, 4.69) is 10.6 Å². The third-order valence-corrected chi connectivity index (χ3v) is 4.97. The molecule has 3 aromatic carbocycles. The summed E-state index contributed by atoms with van der Waals surface area (Å²) in [5.41, 5.74) is 1.34. The standard InChI is InChI=1S/C25H24F3N3O2/c1-31(2)22-12-11-20(30-23(32)18-9-6-10-19(15-18)25(26,27)28)16-21(22)24(33)29-14-13-17-7-4-3-5-8-17/h3-12,15-16H,13-14H2,1-2H3,(H,29,33)(H,30,32). The third-order valence-electron chi connectivity index (χ3n) is 4.97. The van der Waals surface area contributed by atoms with Crippen molar-refractivity contribution in [3.8, 4) is 0 Å². The maximum absolute atomic E-state index is 12.9. The van der Waals surface area contributed by atoms with Crippen LogP contribution in [-0.4, -0.2) is 32.5 Å². The van der Waals surface area contributed by atoms with Gasteiger partial charge in [0.25, 0.3) is 11.8 Å². The van der Waals surface area contributed by atoms with Crippen LogP contribution in [0.15, 0.2) is 72.8 Å². The summed E-state index contributed by atoms with van der Waals surface area (Å²) in [5.74, 6) is -1.01. The number of alkyl halides is 3. The van der Waals surface area contributed by atoms with Crippen molar-refractivity contribution >= 4 is 23.2 Å². The molecule has 0 spiro atoms. The molecule has 0 unspecified atom stereocenters. The number of hydrogen-bond acceptors (Lipinski definition) is 3. The van der Waals surface area contributed by atoms with E-state index in [0.717, 1.165) is 17.7 Å². The first kappa shape index (κ1) is 23.8. The highest BCUT2D eigenvalue weighted by atomic mass is 19.4. The van der Waals surface area contributed by atoms with Crippen LogP contribution in [0.5, 0.6) is 0 Å². The van der Waals surface area contributed by atoms with E-state index >= 15 is 0 Å². The molecule has 0 atom stereocenters. The molecule has 0 aliphatic carbocycles. The molecular weight excluding hydrogens is 431 g/mol. The van der Waals surface area contributed by atoms with E-state index < -0.39 is 17.6 Å². The quantitative estimate of drug-likeness (QED) is 0.527. The Morgan fingerprint density at radius 3 is 2.27 bits per heavy atom. The van der Waals surface area contributed by atoms with Crippen LogP contribution in [0.4, 0.5) is 24.5 Å². The van der Waals surface area contributed by atoms with Gasteiger partial charge in [-0.15, -0.1) is 0 Å². The number of nitrogens with zero attached hydrogens (tertiary/aromatic N) is 1. The highest BCUT2D eigenvalue weighted by Crippen LogP contribution is 2.30. The molecule has 3 rings (SSSR count).